The van der Waals surface area contributed by atoms with Crippen molar-refractivity contribution in [1.82, 2.24) is 10.6 Å². The van der Waals surface area contributed by atoms with Crippen molar-refractivity contribution in [3.8, 4) is 5.75 Å². The summed E-state index contributed by atoms with van der Waals surface area (Å²) in [5, 5.41) is 5.66. The van der Waals surface area contributed by atoms with Crippen LogP contribution in [0.25, 0.3) is 0 Å². The maximum atomic E-state index is 11.7. The van der Waals surface area contributed by atoms with Crippen LogP contribution in [0, 0.1) is 0 Å². The largest absolute Gasteiger partial charge is 0.466 e. The number of ether oxygens (including phenoxy) is 3. The van der Waals surface area contributed by atoms with E-state index in [2.05, 4.69) is 26.6 Å². The lowest BCUT2D eigenvalue weighted by molar-refractivity contribution is -0.149. The van der Waals surface area contributed by atoms with Gasteiger partial charge >= 0.3 is 6.03 Å². The zero-order chi connectivity index (χ0) is 17.5. The maximum Gasteiger partial charge on any atom is 0.315 e. The fourth-order valence-electron chi connectivity index (χ4n) is 1.60. The van der Waals surface area contributed by atoms with Gasteiger partial charge in [-0.1, -0.05) is 6.07 Å². The van der Waals surface area contributed by atoms with Crippen molar-refractivity contribution in [2.24, 2.45) is 0 Å². The van der Waals surface area contributed by atoms with E-state index < -0.39 is 0 Å². The zero-order valence-electron chi connectivity index (χ0n) is 14.2. The molecule has 1 atom stereocenters. The second kappa shape index (κ2) is 9.10. The first-order valence-electron chi connectivity index (χ1n) is 7.33. The van der Waals surface area contributed by atoms with E-state index in [-0.39, 0.29) is 24.7 Å². The Kier molecular flexibility index (Phi) is 7.81. The number of carbonyl (C=O) groups excluding carboxylic acids is 1. The van der Waals surface area contributed by atoms with Crippen LogP contribution in [0.2, 0.25) is 0 Å². The smallest absolute Gasteiger partial charge is 0.315 e. The summed E-state index contributed by atoms with van der Waals surface area (Å²) < 4.78 is 16.5. The Hall–Kier alpha value is -1.31. The van der Waals surface area contributed by atoms with Gasteiger partial charge < -0.3 is 24.8 Å². The molecular formula is C16H25BrN2O4. The second-order valence-electron chi connectivity index (χ2n) is 6.05. The molecule has 0 saturated heterocycles. The highest BCUT2D eigenvalue weighted by molar-refractivity contribution is 9.10. The molecule has 0 aliphatic carbocycles. The number of hydrogen-bond acceptors (Lipinski definition) is 4. The van der Waals surface area contributed by atoms with E-state index in [4.69, 9.17) is 14.2 Å². The molecule has 6 nitrogen and oxygen atoms in total. The first-order valence-corrected chi connectivity index (χ1v) is 8.12. The van der Waals surface area contributed by atoms with Gasteiger partial charge in [-0.3, -0.25) is 0 Å². The minimum Gasteiger partial charge on any atom is -0.466 e. The summed E-state index contributed by atoms with van der Waals surface area (Å²) in [5.74, 6) is 0.663. The standard InChI is InChI=1S/C16H25BrN2O4/c1-11(21-5)22-10-23-14-7-6-12(8-13(14)17)9-18-15(20)19-16(2,3)4/h6-8,11H,9-10H2,1-5H3,(H2,18,19,20). The highest BCUT2D eigenvalue weighted by atomic mass is 79.9. The average Bonchev–Trinajstić information content (AvgIpc) is 2.45. The summed E-state index contributed by atoms with van der Waals surface area (Å²) in [6, 6.07) is 5.41. The lowest BCUT2D eigenvalue weighted by atomic mass is 10.1. The molecule has 1 rings (SSSR count). The summed E-state index contributed by atoms with van der Waals surface area (Å²) >= 11 is 3.45. The number of urea groups is 1. The highest BCUT2D eigenvalue weighted by Gasteiger charge is 2.13. The van der Waals surface area contributed by atoms with Gasteiger partial charge in [0.25, 0.3) is 0 Å². The first kappa shape index (κ1) is 19.7. The minimum absolute atomic E-state index is 0.0964. The topological polar surface area (TPSA) is 68.8 Å². The van der Waals surface area contributed by atoms with E-state index in [9.17, 15) is 4.79 Å². The molecule has 0 saturated carbocycles. The van der Waals surface area contributed by atoms with Gasteiger partial charge in [0.05, 0.1) is 4.47 Å². The fraction of sp³-hybridized carbons (Fsp3) is 0.562. The van der Waals surface area contributed by atoms with Gasteiger partial charge in [0.2, 0.25) is 0 Å². The van der Waals surface area contributed by atoms with Crippen LogP contribution < -0.4 is 15.4 Å². The summed E-state index contributed by atoms with van der Waals surface area (Å²) in [6.45, 7) is 8.11. The predicted octanol–water partition coefficient (Wildman–Crippen LogP) is 3.39. The van der Waals surface area contributed by atoms with Crippen molar-refractivity contribution in [2.75, 3.05) is 13.9 Å². The van der Waals surface area contributed by atoms with Gasteiger partial charge in [-0.05, 0) is 61.3 Å². The van der Waals surface area contributed by atoms with Crippen LogP contribution in [0.15, 0.2) is 22.7 Å². The van der Waals surface area contributed by atoms with Crippen molar-refractivity contribution >= 4 is 22.0 Å². The highest BCUT2D eigenvalue weighted by Crippen LogP contribution is 2.26. The van der Waals surface area contributed by atoms with Crippen molar-refractivity contribution in [1.29, 1.82) is 0 Å². The van der Waals surface area contributed by atoms with Crippen LogP contribution in [0.5, 0.6) is 5.75 Å². The summed E-state index contributed by atoms with van der Waals surface area (Å²) in [5.41, 5.74) is 0.696. The molecule has 0 aliphatic rings. The van der Waals surface area contributed by atoms with Gasteiger partial charge in [-0.25, -0.2) is 4.79 Å². The van der Waals surface area contributed by atoms with Crippen molar-refractivity contribution in [3.05, 3.63) is 28.2 Å². The van der Waals surface area contributed by atoms with E-state index in [1.807, 2.05) is 39.0 Å². The molecule has 1 aromatic carbocycles. The summed E-state index contributed by atoms with van der Waals surface area (Å²) in [4.78, 5) is 11.7. The lowest BCUT2D eigenvalue weighted by Gasteiger charge is -2.20. The Morgan fingerprint density at radius 1 is 1.35 bits per heavy atom. The number of methoxy groups -OCH3 is 1. The lowest BCUT2D eigenvalue weighted by Crippen LogP contribution is -2.46. The average molecular weight is 389 g/mol. The molecule has 0 bridgehead atoms. The molecule has 1 unspecified atom stereocenters. The molecule has 0 spiro atoms. The Labute approximate surface area is 146 Å². The molecule has 0 heterocycles. The van der Waals surface area contributed by atoms with E-state index >= 15 is 0 Å². The third kappa shape index (κ3) is 8.20. The van der Waals surface area contributed by atoms with Crippen LogP contribution in [-0.2, 0) is 16.0 Å². The Bertz CT molecular complexity index is 517. The minimum atomic E-state index is -0.321. The Morgan fingerprint density at radius 3 is 2.61 bits per heavy atom. The molecular weight excluding hydrogens is 364 g/mol. The monoisotopic (exact) mass is 388 g/mol. The molecule has 1 aromatic rings. The first-order chi connectivity index (χ1) is 10.7. The molecule has 130 valence electrons. The SMILES string of the molecule is COC(C)OCOc1ccc(CNC(=O)NC(C)(C)C)cc1Br. The maximum absolute atomic E-state index is 11.7. The number of carbonyl (C=O) groups is 1. The molecule has 7 heteroatoms. The van der Waals surface area contributed by atoms with Crippen molar-refractivity contribution in [3.63, 3.8) is 0 Å². The van der Waals surface area contributed by atoms with E-state index in [0.29, 0.717) is 12.3 Å². The van der Waals surface area contributed by atoms with Crippen LogP contribution in [0.1, 0.15) is 33.3 Å². The number of nitrogens with one attached hydrogen (secondary N) is 2. The number of rotatable bonds is 7. The number of benzene rings is 1. The van der Waals surface area contributed by atoms with E-state index in [1.54, 1.807) is 14.0 Å². The Balaban J connectivity index is 2.48. The zero-order valence-corrected chi connectivity index (χ0v) is 15.8. The number of amides is 2. The van der Waals surface area contributed by atoms with Gasteiger partial charge in [-0.2, -0.15) is 0 Å². The molecule has 0 aliphatic heterocycles. The van der Waals surface area contributed by atoms with E-state index in [0.717, 1.165) is 10.0 Å². The van der Waals surface area contributed by atoms with Crippen LogP contribution in [0.3, 0.4) is 0 Å². The van der Waals surface area contributed by atoms with Crippen LogP contribution >= 0.6 is 15.9 Å². The van der Waals surface area contributed by atoms with E-state index in [1.165, 1.54) is 0 Å². The fourth-order valence-corrected chi connectivity index (χ4v) is 2.14. The molecule has 2 amide bonds. The molecule has 2 N–H and O–H groups in total. The van der Waals surface area contributed by atoms with Gasteiger partial charge in [0.15, 0.2) is 13.1 Å². The quantitative estimate of drug-likeness (QED) is 0.702. The van der Waals surface area contributed by atoms with Crippen LogP contribution in [0.4, 0.5) is 4.79 Å². The number of hydrogen-bond donors (Lipinski definition) is 2. The van der Waals surface area contributed by atoms with Gasteiger partial charge in [-0.15, -0.1) is 0 Å². The molecule has 0 fully saturated rings. The molecule has 0 radical (unpaired) electrons. The number of halogens is 1. The normalized spacial score (nSPS) is 12.6. The molecule has 0 aromatic heterocycles. The summed E-state index contributed by atoms with van der Waals surface area (Å²) in [6.07, 6.45) is -0.321. The summed E-state index contributed by atoms with van der Waals surface area (Å²) in [7, 11) is 1.57. The van der Waals surface area contributed by atoms with Gasteiger partial charge in [0.1, 0.15) is 5.75 Å². The van der Waals surface area contributed by atoms with Crippen molar-refractivity contribution < 1.29 is 19.0 Å². The third-order valence-corrected chi connectivity index (χ3v) is 3.41. The van der Waals surface area contributed by atoms with Crippen LogP contribution in [-0.4, -0.2) is 31.8 Å². The van der Waals surface area contributed by atoms with Gasteiger partial charge in [0, 0.05) is 19.2 Å². The Morgan fingerprint density at radius 2 is 2.04 bits per heavy atom. The molecule has 23 heavy (non-hydrogen) atoms. The van der Waals surface area contributed by atoms with Crippen molar-refractivity contribution in [2.45, 2.75) is 46.1 Å². The second-order valence-corrected chi connectivity index (χ2v) is 6.91. The predicted molar refractivity (Wildman–Crippen MR) is 92.3 cm³/mol. The third-order valence-electron chi connectivity index (χ3n) is 2.79.